The molecule has 1 amide bonds. The smallest absolute Gasteiger partial charge is 0.226 e. The lowest BCUT2D eigenvalue weighted by molar-refractivity contribution is -0.116. The van der Waals surface area contributed by atoms with Gasteiger partial charge in [-0.3, -0.25) is 4.79 Å². The number of nitrogens with one attached hydrogen (secondary N) is 1. The van der Waals surface area contributed by atoms with Gasteiger partial charge in [0.25, 0.3) is 0 Å². The Morgan fingerprint density at radius 1 is 1.12 bits per heavy atom. The highest BCUT2D eigenvalue weighted by atomic mass is 35.5. The molecular weight excluding hydrogens is 375 g/mol. The predicted octanol–water partition coefficient (Wildman–Crippen LogP) is 5.61. The normalized spacial score (nSPS) is 10.6. The summed E-state index contributed by atoms with van der Waals surface area (Å²) in [5, 5.41) is 4.71. The minimum atomic E-state index is -0.0331. The third-order valence-corrected chi connectivity index (χ3v) is 5.16. The Balaban J connectivity index is 1.55. The van der Waals surface area contributed by atoms with E-state index in [4.69, 9.17) is 23.2 Å². The summed E-state index contributed by atoms with van der Waals surface area (Å²) in [5.41, 5.74) is 2.13. The van der Waals surface area contributed by atoms with E-state index in [1.807, 2.05) is 42.5 Å². The van der Waals surface area contributed by atoms with Crippen LogP contribution in [0.1, 0.15) is 22.4 Å². The summed E-state index contributed by atoms with van der Waals surface area (Å²) in [6, 6.07) is 15.4. The summed E-state index contributed by atoms with van der Waals surface area (Å²) in [7, 11) is 0. The van der Waals surface area contributed by atoms with Crippen molar-refractivity contribution in [3.05, 3.63) is 80.8 Å². The van der Waals surface area contributed by atoms with Crippen molar-refractivity contribution < 1.29 is 4.79 Å². The molecular formula is C19H16Cl2N2OS. The van der Waals surface area contributed by atoms with Gasteiger partial charge in [-0.25, -0.2) is 4.98 Å². The van der Waals surface area contributed by atoms with Crippen molar-refractivity contribution in [1.82, 2.24) is 4.98 Å². The number of nitrogens with zero attached hydrogens (tertiary/aromatic N) is 1. The number of rotatable bonds is 6. The van der Waals surface area contributed by atoms with Crippen molar-refractivity contribution in [3.8, 4) is 0 Å². The third kappa shape index (κ3) is 5.30. The van der Waals surface area contributed by atoms with Gasteiger partial charge in [-0.05, 0) is 29.7 Å². The molecule has 0 aliphatic carbocycles. The average molecular weight is 391 g/mol. The lowest BCUT2D eigenvalue weighted by Crippen LogP contribution is -2.11. The second kappa shape index (κ2) is 8.48. The van der Waals surface area contributed by atoms with E-state index < -0.39 is 0 Å². The molecule has 25 heavy (non-hydrogen) atoms. The van der Waals surface area contributed by atoms with Gasteiger partial charge >= 0.3 is 0 Å². The van der Waals surface area contributed by atoms with Crippen LogP contribution in [-0.4, -0.2) is 10.9 Å². The Morgan fingerprint density at radius 2 is 1.92 bits per heavy atom. The molecule has 0 aliphatic rings. The summed E-state index contributed by atoms with van der Waals surface area (Å²) in [5.74, 6) is -0.0331. The monoisotopic (exact) mass is 390 g/mol. The zero-order valence-electron chi connectivity index (χ0n) is 13.3. The van der Waals surface area contributed by atoms with E-state index >= 15 is 0 Å². The molecule has 128 valence electrons. The molecule has 0 saturated carbocycles. The molecule has 3 aromatic rings. The fraction of sp³-hybridized carbons (Fsp3) is 0.158. The van der Waals surface area contributed by atoms with E-state index in [1.165, 1.54) is 11.3 Å². The number of carbonyl (C=O) groups is 1. The van der Waals surface area contributed by atoms with Gasteiger partial charge < -0.3 is 5.32 Å². The van der Waals surface area contributed by atoms with Crippen LogP contribution >= 0.6 is 34.5 Å². The number of anilines is 1. The Kier molecular flexibility index (Phi) is 6.08. The van der Waals surface area contributed by atoms with Crippen LogP contribution in [0.15, 0.2) is 54.7 Å². The van der Waals surface area contributed by atoms with Gasteiger partial charge in [0.2, 0.25) is 5.91 Å². The molecule has 0 bridgehead atoms. The fourth-order valence-electron chi connectivity index (χ4n) is 2.38. The molecule has 0 saturated heterocycles. The van der Waals surface area contributed by atoms with E-state index in [0.29, 0.717) is 34.4 Å². The maximum atomic E-state index is 12.1. The van der Waals surface area contributed by atoms with E-state index in [-0.39, 0.29) is 5.91 Å². The number of halogens is 2. The second-order valence-corrected chi connectivity index (χ2v) is 7.54. The van der Waals surface area contributed by atoms with Gasteiger partial charge in [0.15, 0.2) is 5.13 Å². The number of amides is 1. The first kappa shape index (κ1) is 17.9. The van der Waals surface area contributed by atoms with Crippen LogP contribution in [0.3, 0.4) is 0 Å². The molecule has 0 aliphatic heterocycles. The summed E-state index contributed by atoms with van der Waals surface area (Å²) in [4.78, 5) is 17.4. The van der Waals surface area contributed by atoms with Gasteiger partial charge in [0.05, 0.1) is 0 Å². The number of carbonyl (C=O) groups excluding carboxylic acids is 1. The average Bonchev–Trinajstić information content (AvgIpc) is 3.03. The van der Waals surface area contributed by atoms with Crippen LogP contribution < -0.4 is 5.32 Å². The van der Waals surface area contributed by atoms with Gasteiger partial charge in [0.1, 0.15) is 0 Å². The maximum Gasteiger partial charge on any atom is 0.226 e. The van der Waals surface area contributed by atoms with Crippen molar-refractivity contribution >= 4 is 45.6 Å². The Morgan fingerprint density at radius 3 is 2.68 bits per heavy atom. The minimum absolute atomic E-state index is 0.0331. The van der Waals surface area contributed by atoms with Crippen LogP contribution in [0.2, 0.25) is 10.0 Å². The summed E-state index contributed by atoms with van der Waals surface area (Å²) in [6.07, 6.45) is 3.57. The zero-order chi connectivity index (χ0) is 17.6. The Bertz CT molecular complexity index is 865. The Hall–Kier alpha value is -1.88. The number of thiazole rings is 1. The molecule has 0 radical (unpaired) electrons. The van der Waals surface area contributed by atoms with Crippen molar-refractivity contribution in [2.45, 2.75) is 19.3 Å². The largest absolute Gasteiger partial charge is 0.302 e. The first-order valence-electron chi connectivity index (χ1n) is 7.82. The SMILES string of the molecule is O=C(CCc1ccccc1)Nc1ncc(Cc2ccc(Cl)cc2Cl)s1. The van der Waals surface area contributed by atoms with Crippen LogP contribution in [0.5, 0.6) is 0 Å². The Labute approximate surface area is 160 Å². The van der Waals surface area contributed by atoms with E-state index in [0.717, 1.165) is 16.0 Å². The lowest BCUT2D eigenvalue weighted by atomic mass is 10.1. The third-order valence-electron chi connectivity index (χ3n) is 3.66. The van der Waals surface area contributed by atoms with Crippen LogP contribution in [0, 0.1) is 0 Å². The van der Waals surface area contributed by atoms with Crippen LogP contribution in [0.4, 0.5) is 5.13 Å². The van der Waals surface area contributed by atoms with Crippen molar-refractivity contribution in [2.24, 2.45) is 0 Å². The lowest BCUT2D eigenvalue weighted by Gasteiger charge is -2.03. The van der Waals surface area contributed by atoms with Crippen molar-refractivity contribution in [2.75, 3.05) is 5.32 Å². The molecule has 2 aromatic carbocycles. The molecule has 1 N–H and O–H groups in total. The summed E-state index contributed by atoms with van der Waals surface area (Å²) >= 11 is 13.6. The van der Waals surface area contributed by atoms with Crippen molar-refractivity contribution in [1.29, 1.82) is 0 Å². The highest BCUT2D eigenvalue weighted by Crippen LogP contribution is 2.27. The molecule has 3 nitrogen and oxygen atoms in total. The number of hydrogen-bond donors (Lipinski definition) is 1. The molecule has 3 rings (SSSR count). The van der Waals surface area contributed by atoms with Gasteiger partial charge in [-0.2, -0.15) is 0 Å². The van der Waals surface area contributed by atoms with Gasteiger partial charge in [-0.1, -0.05) is 59.6 Å². The van der Waals surface area contributed by atoms with Crippen molar-refractivity contribution in [3.63, 3.8) is 0 Å². The highest BCUT2D eigenvalue weighted by molar-refractivity contribution is 7.15. The molecule has 1 heterocycles. The minimum Gasteiger partial charge on any atom is -0.302 e. The molecule has 0 fully saturated rings. The van der Waals surface area contributed by atoms with Crippen LogP contribution in [-0.2, 0) is 17.6 Å². The molecule has 0 unspecified atom stereocenters. The zero-order valence-corrected chi connectivity index (χ0v) is 15.7. The molecule has 1 aromatic heterocycles. The van der Waals surface area contributed by atoms with E-state index in [2.05, 4.69) is 10.3 Å². The summed E-state index contributed by atoms with van der Waals surface area (Å²) < 4.78 is 0. The van der Waals surface area contributed by atoms with Gasteiger partial charge in [-0.15, -0.1) is 11.3 Å². The topological polar surface area (TPSA) is 42.0 Å². The highest BCUT2D eigenvalue weighted by Gasteiger charge is 2.09. The summed E-state index contributed by atoms with van der Waals surface area (Å²) in [6.45, 7) is 0. The number of benzene rings is 2. The number of aromatic nitrogens is 1. The maximum absolute atomic E-state index is 12.1. The molecule has 0 spiro atoms. The quantitative estimate of drug-likeness (QED) is 0.593. The van der Waals surface area contributed by atoms with Crippen LogP contribution in [0.25, 0.3) is 0 Å². The first-order valence-corrected chi connectivity index (χ1v) is 9.40. The predicted molar refractivity (Wildman–Crippen MR) is 105 cm³/mol. The standard InChI is InChI=1S/C19H16Cl2N2OS/c20-15-8-7-14(17(21)11-15)10-16-12-22-19(25-16)23-18(24)9-6-13-4-2-1-3-5-13/h1-5,7-8,11-12H,6,9-10H2,(H,22,23,24). The fourth-order valence-corrected chi connectivity index (χ4v) is 3.71. The molecule has 6 heteroatoms. The number of hydrogen-bond acceptors (Lipinski definition) is 3. The second-order valence-electron chi connectivity index (χ2n) is 5.58. The van der Waals surface area contributed by atoms with E-state index in [9.17, 15) is 4.79 Å². The first-order chi connectivity index (χ1) is 12.1. The van der Waals surface area contributed by atoms with Gasteiger partial charge in [0, 0.05) is 34.0 Å². The molecule has 0 atom stereocenters. The number of aryl methyl sites for hydroxylation is 1. The van der Waals surface area contributed by atoms with E-state index in [1.54, 1.807) is 12.3 Å².